The summed E-state index contributed by atoms with van der Waals surface area (Å²) in [5.74, 6) is -0.821. The fourth-order valence-electron chi connectivity index (χ4n) is 1.46. The summed E-state index contributed by atoms with van der Waals surface area (Å²) in [7, 11) is 0. The highest BCUT2D eigenvalue weighted by Gasteiger charge is 2.17. The minimum Gasteiger partial charge on any atom is -0.466 e. The standard InChI is InChI=1S/C12H15BrFNO2/c1-3-17-12(16)6-11(15)8-5-9(13)7(2)4-10(8)14/h4-5,11H,3,6,15H2,1-2H3/t11-/m0/s1. The molecule has 0 aliphatic carbocycles. The van der Waals surface area contributed by atoms with Gasteiger partial charge in [-0.25, -0.2) is 4.39 Å². The molecule has 0 amide bonds. The summed E-state index contributed by atoms with van der Waals surface area (Å²) >= 11 is 3.31. The van der Waals surface area contributed by atoms with Gasteiger partial charge in [0.2, 0.25) is 0 Å². The number of benzene rings is 1. The summed E-state index contributed by atoms with van der Waals surface area (Å²) in [5.41, 5.74) is 6.89. The highest BCUT2D eigenvalue weighted by molar-refractivity contribution is 9.10. The van der Waals surface area contributed by atoms with Crippen LogP contribution in [0.4, 0.5) is 4.39 Å². The molecule has 0 fully saturated rings. The maximum Gasteiger partial charge on any atom is 0.307 e. The number of halogens is 2. The van der Waals surface area contributed by atoms with E-state index in [2.05, 4.69) is 15.9 Å². The van der Waals surface area contributed by atoms with Gasteiger partial charge >= 0.3 is 5.97 Å². The zero-order chi connectivity index (χ0) is 13.0. The van der Waals surface area contributed by atoms with E-state index in [-0.39, 0.29) is 6.42 Å². The lowest BCUT2D eigenvalue weighted by atomic mass is 10.0. The van der Waals surface area contributed by atoms with E-state index >= 15 is 0 Å². The Kier molecular flexibility index (Phi) is 5.08. The van der Waals surface area contributed by atoms with Gasteiger partial charge in [-0.15, -0.1) is 0 Å². The Bertz CT molecular complexity index is 423. The van der Waals surface area contributed by atoms with Crippen LogP contribution in [0, 0.1) is 12.7 Å². The fraction of sp³-hybridized carbons (Fsp3) is 0.417. The summed E-state index contributed by atoms with van der Waals surface area (Å²) in [6.07, 6.45) is -0.0275. The lowest BCUT2D eigenvalue weighted by molar-refractivity contribution is -0.143. The number of hydrogen-bond acceptors (Lipinski definition) is 3. The molecule has 0 aromatic heterocycles. The summed E-state index contributed by atoms with van der Waals surface area (Å²) in [5, 5.41) is 0. The third-order valence-corrected chi connectivity index (χ3v) is 3.22. The molecule has 1 rings (SSSR count). The number of carbonyl (C=O) groups excluding carboxylic acids is 1. The first-order valence-corrected chi connectivity index (χ1v) is 6.11. The molecular formula is C12H15BrFNO2. The lowest BCUT2D eigenvalue weighted by Gasteiger charge is -2.13. The molecule has 0 saturated carbocycles. The Morgan fingerprint density at radius 1 is 1.59 bits per heavy atom. The normalized spacial score (nSPS) is 12.3. The van der Waals surface area contributed by atoms with Gasteiger partial charge in [-0.05, 0) is 31.5 Å². The van der Waals surface area contributed by atoms with E-state index in [9.17, 15) is 9.18 Å². The molecule has 1 aromatic rings. The predicted molar refractivity (Wildman–Crippen MR) is 67.0 cm³/mol. The zero-order valence-corrected chi connectivity index (χ0v) is 11.4. The van der Waals surface area contributed by atoms with Gasteiger partial charge in [-0.3, -0.25) is 4.79 Å². The van der Waals surface area contributed by atoms with Crippen molar-refractivity contribution < 1.29 is 13.9 Å². The molecule has 0 aliphatic heterocycles. The summed E-state index contributed by atoms with van der Waals surface area (Å²) in [6, 6.07) is 2.31. The third-order valence-electron chi connectivity index (χ3n) is 2.37. The molecule has 3 nitrogen and oxygen atoms in total. The first kappa shape index (κ1) is 14.1. The minimum absolute atomic E-state index is 0.0275. The number of carbonyl (C=O) groups is 1. The summed E-state index contributed by atoms with van der Waals surface area (Å²) in [6.45, 7) is 3.80. The molecule has 1 aromatic carbocycles. The van der Waals surface area contributed by atoms with E-state index in [0.29, 0.717) is 12.2 Å². The smallest absolute Gasteiger partial charge is 0.307 e. The topological polar surface area (TPSA) is 52.3 Å². The van der Waals surface area contributed by atoms with E-state index in [1.165, 1.54) is 6.07 Å². The van der Waals surface area contributed by atoms with Gasteiger partial charge in [-0.1, -0.05) is 15.9 Å². The Labute approximate surface area is 108 Å². The molecule has 0 spiro atoms. The van der Waals surface area contributed by atoms with Crippen molar-refractivity contribution in [3.63, 3.8) is 0 Å². The van der Waals surface area contributed by atoms with Crippen molar-refractivity contribution in [3.05, 3.63) is 33.5 Å². The molecule has 0 aliphatic rings. The van der Waals surface area contributed by atoms with Crippen molar-refractivity contribution in [3.8, 4) is 0 Å². The van der Waals surface area contributed by atoms with Gasteiger partial charge in [0.05, 0.1) is 13.0 Å². The number of nitrogens with two attached hydrogens (primary N) is 1. The van der Waals surface area contributed by atoms with Gasteiger partial charge in [-0.2, -0.15) is 0 Å². The molecular weight excluding hydrogens is 289 g/mol. The molecule has 94 valence electrons. The van der Waals surface area contributed by atoms with E-state index in [1.54, 1.807) is 19.9 Å². The Balaban J connectivity index is 2.85. The Hall–Kier alpha value is -0.940. The second kappa shape index (κ2) is 6.12. The van der Waals surface area contributed by atoms with E-state index in [1.807, 2.05) is 0 Å². The van der Waals surface area contributed by atoms with Gasteiger partial charge in [0, 0.05) is 16.1 Å². The molecule has 5 heteroatoms. The predicted octanol–water partition coefficient (Wildman–Crippen LogP) is 2.85. The molecule has 0 saturated heterocycles. The highest BCUT2D eigenvalue weighted by Crippen LogP contribution is 2.25. The van der Waals surface area contributed by atoms with Crippen LogP contribution < -0.4 is 5.73 Å². The minimum atomic E-state index is -0.689. The molecule has 0 unspecified atom stereocenters. The van der Waals surface area contributed by atoms with Gasteiger partial charge in [0.1, 0.15) is 5.82 Å². The van der Waals surface area contributed by atoms with Crippen LogP contribution in [-0.2, 0) is 9.53 Å². The van der Waals surface area contributed by atoms with Crippen LogP contribution in [0.1, 0.15) is 30.5 Å². The van der Waals surface area contributed by atoms with Crippen LogP contribution >= 0.6 is 15.9 Å². The van der Waals surface area contributed by atoms with Crippen LogP contribution in [-0.4, -0.2) is 12.6 Å². The maximum absolute atomic E-state index is 13.7. The maximum atomic E-state index is 13.7. The average molecular weight is 304 g/mol. The summed E-state index contributed by atoms with van der Waals surface area (Å²) in [4.78, 5) is 11.3. The van der Waals surface area contributed by atoms with E-state index in [4.69, 9.17) is 10.5 Å². The van der Waals surface area contributed by atoms with Crippen LogP contribution in [0.25, 0.3) is 0 Å². The number of rotatable bonds is 4. The van der Waals surface area contributed by atoms with E-state index < -0.39 is 17.8 Å². The van der Waals surface area contributed by atoms with Crippen LogP contribution in [0.2, 0.25) is 0 Å². The molecule has 1 atom stereocenters. The quantitative estimate of drug-likeness (QED) is 0.870. The van der Waals surface area contributed by atoms with Crippen molar-refractivity contribution >= 4 is 21.9 Å². The Morgan fingerprint density at radius 3 is 2.82 bits per heavy atom. The number of hydrogen-bond donors (Lipinski definition) is 1. The summed E-state index contributed by atoms with van der Waals surface area (Å²) < 4.78 is 19.2. The third kappa shape index (κ3) is 3.78. The largest absolute Gasteiger partial charge is 0.466 e. The van der Waals surface area contributed by atoms with Crippen molar-refractivity contribution in [2.45, 2.75) is 26.3 Å². The number of aryl methyl sites for hydroxylation is 1. The van der Waals surface area contributed by atoms with Crippen molar-refractivity contribution in [1.82, 2.24) is 0 Å². The lowest BCUT2D eigenvalue weighted by Crippen LogP contribution is -2.18. The second-order valence-electron chi connectivity index (χ2n) is 3.74. The first-order valence-electron chi connectivity index (χ1n) is 5.32. The highest BCUT2D eigenvalue weighted by atomic mass is 79.9. The Morgan fingerprint density at radius 2 is 2.24 bits per heavy atom. The van der Waals surface area contributed by atoms with Crippen molar-refractivity contribution in [1.29, 1.82) is 0 Å². The van der Waals surface area contributed by atoms with Crippen LogP contribution in [0.3, 0.4) is 0 Å². The second-order valence-corrected chi connectivity index (χ2v) is 4.59. The monoisotopic (exact) mass is 303 g/mol. The van der Waals surface area contributed by atoms with E-state index in [0.717, 1.165) is 10.0 Å². The van der Waals surface area contributed by atoms with Crippen LogP contribution in [0.15, 0.2) is 16.6 Å². The average Bonchev–Trinajstić information content (AvgIpc) is 2.23. The molecule has 0 heterocycles. The molecule has 0 radical (unpaired) electrons. The van der Waals surface area contributed by atoms with Crippen molar-refractivity contribution in [2.75, 3.05) is 6.61 Å². The van der Waals surface area contributed by atoms with Gasteiger partial charge in [0.15, 0.2) is 0 Å². The molecule has 2 N–H and O–H groups in total. The molecule has 0 bridgehead atoms. The van der Waals surface area contributed by atoms with Gasteiger partial charge in [0.25, 0.3) is 0 Å². The fourth-order valence-corrected chi connectivity index (χ4v) is 1.82. The van der Waals surface area contributed by atoms with Crippen LogP contribution in [0.5, 0.6) is 0 Å². The molecule has 17 heavy (non-hydrogen) atoms. The number of esters is 1. The number of ether oxygens (including phenoxy) is 1. The zero-order valence-electron chi connectivity index (χ0n) is 9.80. The van der Waals surface area contributed by atoms with Crippen molar-refractivity contribution in [2.24, 2.45) is 5.73 Å². The van der Waals surface area contributed by atoms with Gasteiger partial charge < -0.3 is 10.5 Å². The first-order chi connectivity index (χ1) is 7.95. The SMILES string of the molecule is CCOC(=O)C[C@H](N)c1cc(Br)c(C)cc1F.